The summed E-state index contributed by atoms with van der Waals surface area (Å²) in [5, 5.41) is 13.3. The summed E-state index contributed by atoms with van der Waals surface area (Å²) in [4.78, 5) is 12.0. The summed E-state index contributed by atoms with van der Waals surface area (Å²) in [7, 11) is 0. The lowest BCUT2D eigenvalue weighted by Crippen LogP contribution is -2.52. The first-order valence-corrected chi connectivity index (χ1v) is 10.4. The number of nitrogens with two attached hydrogens (primary N) is 1. The molecule has 0 aliphatic carbocycles. The van der Waals surface area contributed by atoms with Gasteiger partial charge >= 0.3 is 5.97 Å². The normalized spacial score (nSPS) is 26.0. The van der Waals surface area contributed by atoms with Crippen molar-refractivity contribution in [2.75, 3.05) is 13.1 Å². The van der Waals surface area contributed by atoms with Crippen LogP contribution in [0.3, 0.4) is 0 Å². The van der Waals surface area contributed by atoms with E-state index in [1.54, 1.807) is 0 Å². The summed E-state index contributed by atoms with van der Waals surface area (Å²) in [6.07, 6.45) is 18.4. The SMILES string of the molecule is NCCCC[C@]1(C(=O)O)CCCCCCCCCCCCCCN1. The van der Waals surface area contributed by atoms with Gasteiger partial charge in [0.15, 0.2) is 0 Å². The second-order valence-electron chi connectivity index (χ2n) is 7.55. The highest BCUT2D eigenvalue weighted by atomic mass is 16.4. The molecule has 24 heavy (non-hydrogen) atoms. The Morgan fingerprint density at radius 3 is 1.83 bits per heavy atom. The third-order valence-electron chi connectivity index (χ3n) is 5.46. The lowest BCUT2D eigenvalue weighted by Gasteiger charge is -2.31. The highest BCUT2D eigenvalue weighted by molar-refractivity contribution is 5.78. The smallest absolute Gasteiger partial charge is 0.323 e. The molecule has 4 heteroatoms. The number of rotatable bonds is 5. The molecular weight excluding hydrogens is 300 g/mol. The molecule has 1 aliphatic rings. The molecule has 1 heterocycles. The van der Waals surface area contributed by atoms with Crippen molar-refractivity contribution in [3.05, 3.63) is 0 Å². The number of aliphatic carboxylic acids is 1. The molecule has 0 bridgehead atoms. The molecule has 0 aromatic rings. The van der Waals surface area contributed by atoms with E-state index in [1.165, 1.54) is 57.8 Å². The Hall–Kier alpha value is -0.610. The van der Waals surface area contributed by atoms with Crippen LogP contribution in [0.1, 0.15) is 103 Å². The minimum atomic E-state index is -0.730. The van der Waals surface area contributed by atoms with Crippen molar-refractivity contribution < 1.29 is 9.90 Å². The van der Waals surface area contributed by atoms with Crippen LogP contribution in [-0.4, -0.2) is 29.7 Å². The van der Waals surface area contributed by atoms with E-state index >= 15 is 0 Å². The van der Waals surface area contributed by atoms with Gasteiger partial charge in [-0.2, -0.15) is 0 Å². The van der Waals surface area contributed by atoms with Crippen LogP contribution in [0.2, 0.25) is 0 Å². The molecule has 1 rings (SSSR count). The van der Waals surface area contributed by atoms with Crippen LogP contribution in [0.25, 0.3) is 0 Å². The van der Waals surface area contributed by atoms with Gasteiger partial charge in [-0.05, 0) is 45.2 Å². The van der Waals surface area contributed by atoms with Crippen molar-refractivity contribution in [3.63, 3.8) is 0 Å². The predicted molar refractivity (Wildman–Crippen MR) is 101 cm³/mol. The Kier molecular flexibility index (Phi) is 12.2. The maximum atomic E-state index is 12.0. The van der Waals surface area contributed by atoms with Crippen LogP contribution < -0.4 is 11.1 Å². The minimum absolute atomic E-state index is 0.649. The van der Waals surface area contributed by atoms with Crippen molar-refractivity contribution in [1.82, 2.24) is 5.32 Å². The Bertz CT molecular complexity index is 305. The fraction of sp³-hybridized carbons (Fsp3) is 0.950. The average molecular weight is 341 g/mol. The summed E-state index contributed by atoms with van der Waals surface area (Å²) in [5.41, 5.74) is 4.86. The van der Waals surface area contributed by atoms with Crippen LogP contribution in [-0.2, 0) is 4.79 Å². The van der Waals surface area contributed by atoms with Crippen LogP contribution in [0.4, 0.5) is 0 Å². The van der Waals surface area contributed by atoms with Gasteiger partial charge in [0.25, 0.3) is 0 Å². The molecule has 1 atom stereocenters. The van der Waals surface area contributed by atoms with Gasteiger partial charge in [-0.1, -0.05) is 70.6 Å². The molecule has 0 aromatic heterocycles. The van der Waals surface area contributed by atoms with Crippen LogP contribution >= 0.6 is 0 Å². The largest absolute Gasteiger partial charge is 0.480 e. The molecule has 0 amide bonds. The van der Waals surface area contributed by atoms with Crippen molar-refractivity contribution in [2.45, 2.75) is 108 Å². The number of hydrogen-bond acceptors (Lipinski definition) is 3. The molecule has 0 unspecified atom stereocenters. The van der Waals surface area contributed by atoms with Crippen molar-refractivity contribution in [3.8, 4) is 0 Å². The molecule has 0 saturated carbocycles. The Morgan fingerprint density at radius 1 is 0.833 bits per heavy atom. The van der Waals surface area contributed by atoms with Gasteiger partial charge in [-0.25, -0.2) is 0 Å². The Morgan fingerprint density at radius 2 is 1.33 bits per heavy atom. The van der Waals surface area contributed by atoms with E-state index in [1.807, 2.05) is 0 Å². The number of nitrogens with one attached hydrogen (secondary N) is 1. The third kappa shape index (κ3) is 9.03. The third-order valence-corrected chi connectivity index (χ3v) is 5.46. The number of carboxylic acids is 1. The van der Waals surface area contributed by atoms with E-state index in [2.05, 4.69) is 5.32 Å². The van der Waals surface area contributed by atoms with E-state index in [0.717, 1.165) is 45.1 Å². The molecule has 4 nitrogen and oxygen atoms in total. The second kappa shape index (κ2) is 13.7. The van der Waals surface area contributed by atoms with E-state index in [0.29, 0.717) is 13.0 Å². The van der Waals surface area contributed by atoms with Crippen LogP contribution in [0.15, 0.2) is 0 Å². The Labute approximate surface area is 149 Å². The zero-order chi connectivity index (χ0) is 17.5. The average Bonchev–Trinajstić information content (AvgIpc) is 2.56. The van der Waals surface area contributed by atoms with Gasteiger partial charge in [-0.3, -0.25) is 4.79 Å². The lowest BCUT2D eigenvalue weighted by molar-refractivity contribution is -0.145. The first-order chi connectivity index (χ1) is 11.7. The molecule has 1 fully saturated rings. The fourth-order valence-electron chi connectivity index (χ4n) is 3.81. The van der Waals surface area contributed by atoms with E-state index in [-0.39, 0.29) is 0 Å². The second-order valence-corrected chi connectivity index (χ2v) is 7.55. The molecule has 142 valence electrons. The minimum Gasteiger partial charge on any atom is -0.480 e. The number of hydrogen-bond donors (Lipinski definition) is 3. The van der Waals surface area contributed by atoms with Gasteiger partial charge in [0.2, 0.25) is 0 Å². The molecule has 0 spiro atoms. The van der Waals surface area contributed by atoms with Gasteiger partial charge in [0.05, 0.1) is 0 Å². The van der Waals surface area contributed by atoms with Crippen molar-refractivity contribution in [2.24, 2.45) is 5.73 Å². The summed E-state index contributed by atoms with van der Waals surface area (Å²) in [6.45, 7) is 1.48. The molecule has 1 aliphatic heterocycles. The molecular formula is C20H40N2O2. The van der Waals surface area contributed by atoms with Crippen molar-refractivity contribution >= 4 is 5.97 Å². The zero-order valence-electron chi connectivity index (χ0n) is 15.7. The van der Waals surface area contributed by atoms with Gasteiger partial charge in [-0.15, -0.1) is 0 Å². The maximum Gasteiger partial charge on any atom is 0.323 e. The van der Waals surface area contributed by atoms with E-state index < -0.39 is 11.5 Å². The summed E-state index contributed by atoms with van der Waals surface area (Å²) in [5.74, 6) is -0.666. The Balaban J connectivity index is 2.56. The lowest BCUT2D eigenvalue weighted by atomic mass is 9.86. The molecule has 0 aromatic carbocycles. The predicted octanol–water partition coefficient (Wildman–Crippen LogP) is 4.61. The number of unbranched alkanes of at least 4 members (excludes halogenated alkanes) is 1. The van der Waals surface area contributed by atoms with Gasteiger partial charge < -0.3 is 16.2 Å². The molecule has 0 radical (unpaired) electrons. The van der Waals surface area contributed by atoms with Crippen LogP contribution in [0.5, 0.6) is 0 Å². The highest BCUT2D eigenvalue weighted by Gasteiger charge is 2.36. The van der Waals surface area contributed by atoms with Crippen molar-refractivity contribution in [1.29, 1.82) is 0 Å². The fourth-order valence-corrected chi connectivity index (χ4v) is 3.81. The summed E-state index contributed by atoms with van der Waals surface area (Å²) in [6, 6.07) is 0. The quantitative estimate of drug-likeness (QED) is 0.639. The van der Waals surface area contributed by atoms with E-state index in [4.69, 9.17) is 5.73 Å². The van der Waals surface area contributed by atoms with E-state index in [9.17, 15) is 9.90 Å². The van der Waals surface area contributed by atoms with Gasteiger partial charge in [0.1, 0.15) is 5.54 Å². The number of carboxylic acid groups (broad SMARTS) is 1. The number of carbonyl (C=O) groups is 1. The monoisotopic (exact) mass is 340 g/mol. The zero-order valence-corrected chi connectivity index (χ0v) is 15.7. The standard InChI is InChI=1S/C20H40N2O2/c21-17-13-12-16-20(19(23)24)15-11-9-7-5-3-1-2-4-6-8-10-14-18-22-20/h22H,1-18,21H2,(H,23,24)/t20-/m0/s1. The topological polar surface area (TPSA) is 75.4 Å². The highest BCUT2D eigenvalue weighted by Crippen LogP contribution is 2.24. The first kappa shape index (κ1) is 21.4. The molecule has 1 saturated heterocycles. The summed E-state index contributed by atoms with van der Waals surface area (Å²) < 4.78 is 0. The summed E-state index contributed by atoms with van der Waals surface area (Å²) >= 11 is 0. The van der Waals surface area contributed by atoms with Gasteiger partial charge in [0, 0.05) is 0 Å². The van der Waals surface area contributed by atoms with Crippen LogP contribution in [0, 0.1) is 0 Å². The molecule has 4 N–H and O–H groups in total. The first-order valence-electron chi connectivity index (χ1n) is 10.4. The maximum absolute atomic E-state index is 12.0.